The molecule has 104 valence electrons. The van der Waals surface area contributed by atoms with Gasteiger partial charge < -0.3 is 5.32 Å². The van der Waals surface area contributed by atoms with E-state index in [-0.39, 0.29) is 23.2 Å². The number of rotatable bonds is 3. The Morgan fingerprint density at radius 1 is 1.35 bits per heavy atom. The van der Waals surface area contributed by atoms with Crippen LogP contribution in [0.15, 0.2) is 35.1 Å². The average Bonchev–Trinajstić information content (AvgIpc) is 2.36. The van der Waals surface area contributed by atoms with Gasteiger partial charge in [-0.15, -0.1) is 0 Å². The maximum Gasteiger partial charge on any atom is 0.255 e. The molecule has 0 radical (unpaired) electrons. The Balaban J connectivity index is 2.17. The van der Waals surface area contributed by atoms with Crippen molar-refractivity contribution in [2.24, 2.45) is 0 Å². The van der Waals surface area contributed by atoms with Crippen LogP contribution >= 0.6 is 23.2 Å². The summed E-state index contributed by atoms with van der Waals surface area (Å²) in [6, 6.07) is 8.02. The normalized spacial score (nSPS) is 10.3. The number of hydrogen-bond donors (Lipinski definition) is 1. The summed E-state index contributed by atoms with van der Waals surface area (Å²) in [5, 5.41) is 3.17. The standard InChI is InChI=1S/C13H11Cl2N3O2/c1-8-16-11(15)6-13(20)18(8)7-12(19)17-10-5-3-2-4-9(10)14/h2-6H,7H2,1H3,(H,17,19). The highest BCUT2D eigenvalue weighted by Gasteiger charge is 2.10. The fourth-order valence-corrected chi connectivity index (χ4v) is 2.07. The van der Waals surface area contributed by atoms with Gasteiger partial charge in [-0.1, -0.05) is 35.3 Å². The number of anilines is 1. The van der Waals surface area contributed by atoms with Gasteiger partial charge in [0.25, 0.3) is 5.56 Å². The molecule has 0 aliphatic heterocycles. The molecular formula is C13H11Cl2N3O2. The first-order chi connectivity index (χ1) is 9.47. The number of halogens is 2. The van der Waals surface area contributed by atoms with Crippen LogP contribution in [-0.2, 0) is 11.3 Å². The number of nitrogens with one attached hydrogen (secondary N) is 1. The number of carbonyl (C=O) groups excluding carboxylic acids is 1. The largest absolute Gasteiger partial charge is 0.323 e. The predicted molar refractivity (Wildman–Crippen MR) is 78.3 cm³/mol. The third-order valence-electron chi connectivity index (χ3n) is 2.62. The SMILES string of the molecule is Cc1nc(Cl)cc(=O)n1CC(=O)Nc1ccccc1Cl. The van der Waals surface area contributed by atoms with E-state index in [9.17, 15) is 9.59 Å². The summed E-state index contributed by atoms with van der Waals surface area (Å²) >= 11 is 11.6. The van der Waals surface area contributed by atoms with E-state index >= 15 is 0 Å². The second kappa shape index (κ2) is 6.07. The van der Waals surface area contributed by atoms with Crippen molar-refractivity contribution in [3.05, 3.63) is 56.7 Å². The van der Waals surface area contributed by atoms with Crippen molar-refractivity contribution in [1.82, 2.24) is 9.55 Å². The third-order valence-corrected chi connectivity index (χ3v) is 3.14. The van der Waals surface area contributed by atoms with Gasteiger partial charge in [0.15, 0.2) is 0 Å². The first-order valence-corrected chi connectivity index (χ1v) is 6.51. The summed E-state index contributed by atoms with van der Waals surface area (Å²) in [5.41, 5.74) is 0.114. The van der Waals surface area contributed by atoms with E-state index in [2.05, 4.69) is 10.3 Å². The molecule has 0 aliphatic carbocycles. The Morgan fingerprint density at radius 3 is 2.70 bits per heavy atom. The monoisotopic (exact) mass is 311 g/mol. The lowest BCUT2D eigenvalue weighted by atomic mass is 10.3. The van der Waals surface area contributed by atoms with E-state index in [1.807, 2.05) is 0 Å². The Hall–Kier alpha value is -1.85. The lowest BCUT2D eigenvalue weighted by Gasteiger charge is -2.10. The van der Waals surface area contributed by atoms with E-state index < -0.39 is 0 Å². The molecule has 0 saturated heterocycles. The van der Waals surface area contributed by atoms with Crippen LogP contribution in [0.2, 0.25) is 10.2 Å². The van der Waals surface area contributed by atoms with Gasteiger partial charge in [0.05, 0.1) is 10.7 Å². The van der Waals surface area contributed by atoms with Gasteiger partial charge in [0, 0.05) is 6.07 Å². The molecule has 2 aromatic rings. The minimum absolute atomic E-state index is 0.107. The van der Waals surface area contributed by atoms with E-state index in [0.29, 0.717) is 16.5 Å². The summed E-state index contributed by atoms with van der Waals surface area (Å²) in [6.45, 7) is 1.45. The number of benzene rings is 1. The Bertz CT molecular complexity index is 713. The highest BCUT2D eigenvalue weighted by atomic mass is 35.5. The van der Waals surface area contributed by atoms with Gasteiger partial charge in [-0.25, -0.2) is 4.98 Å². The van der Waals surface area contributed by atoms with Crippen LogP contribution in [0.25, 0.3) is 0 Å². The zero-order valence-corrected chi connectivity index (χ0v) is 12.1. The van der Waals surface area contributed by atoms with Crippen LogP contribution in [0.4, 0.5) is 5.69 Å². The smallest absolute Gasteiger partial charge is 0.255 e. The first-order valence-electron chi connectivity index (χ1n) is 5.76. The van der Waals surface area contributed by atoms with Crippen molar-refractivity contribution in [2.75, 3.05) is 5.32 Å². The second-order valence-electron chi connectivity index (χ2n) is 4.08. The number of aromatic nitrogens is 2. The van der Waals surface area contributed by atoms with Gasteiger partial charge in [-0.2, -0.15) is 0 Å². The van der Waals surface area contributed by atoms with Crippen LogP contribution in [0, 0.1) is 6.92 Å². The molecule has 0 saturated carbocycles. The van der Waals surface area contributed by atoms with Gasteiger partial charge >= 0.3 is 0 Å². The molecule has 0 fully saturated rings. The first kappa shape index (κ1) is 14.6. The highest BCUT2D eigenvalue weighted by Crippen LogP contribution is 2.20. The molecule has 1 N–H and O–H groups in total. The molecule has 0 atom stereocenters. The number of amides is 1. The van der Waals surface area contributed by atoms with E-state index in [0.717, 1.165) is 6.07 Å². The third kappa shape index (κ3) is 3.37. The van der Waals surface area contributed by atoms with Crippen molar-refractivity contribution in [1.29, 1.82) is 0 Å². The van der Waals surface area contributed by atoms with Crippen molar-refractivity contribution in [3.8, 4) is 0 Å². The molecule has 0 bridgehead atoms. The number of hydrogen-bond acceptors (Lipinski definition) is 3. The van der Waals surface area contributed by atoms with Crippen LogP contribution < -0.4 is 10.9 Å². The molecule has 1 aromatic carbocycles. The summed E-state index contributed by atoms with van der Waals surface area (Å²) in [4.78, 5) is 27.6. The molecular weight excluding hydrogens is 301 g/mol. The van der Waals surface area contributed by atoms with Crippen molar-refractivity contribution >= 4 is 34.8 Å². The Morgan fingerprint density at radius 2 is 2.05 bits per heavy atom. The maximum atomic E-state index is 11.9. The summed E-state index contributed by atoms with van der Waals surface area (Å²) in [5.74, 6) is 0.00392. The van der Waals surface area contributed by atoms with Gasteiger partial charge in [-0.05, 0) is 19.1 Å². The quantitative estimate of drug-likeness (QED) is 0.886. The maximum absolute atomic E-state index is 11.9. The topological polar surface area (TPSA) is 64.0 Å². The van der Waals surface area contributed by atoms with Crippen LogP contribution in [0.3, 0.4) is 0 Å². The molecule has 2 rings (SSSR count). The minimum Gasteiger partial charge on any atom is -0.323 e. The summed E-state index contributed by atoms with van der Waals surface area (Å²) in [6.07, 6.45) is 0. The Kier molecular flexibility index (Phi) is 4.42. The molecule has 7 heteroatoms. The molecule has 1 aromatic heterocycles. The van der Waals surface area contributed by atoms with Gasteiger partial charge in [0.2, 0.25) is 5.91 Å². The lowest BCUT2D eigenvalue weighted by Crippen LogP contribution is -2.29. The number of aryl methyl sites for hydroxylation is 1. The molecule has 5 nitrogen and oxygen atoms in total. The highest BCUT2D eigenvalue weighted by molar-refractivity contribution is 6.33. The summed E-state index contributed by atoms with van der Waals surface area (Å²) in [7, 11) is 0. The van der Waals surface area contributed by atoms with Gasteiger partial charge in [-0.3, -0.25) is 14.2 Å². The van der Waals surface area contributed by atoms with Crippen LogP contribution in [0.1, 0.15) is 5.82 Å². The molecule has 0 unspecified atom stereocenters. The second-order valence-corrected chi connectivity index (χ2v) is 4.87. The zero-order valence-electron chi connectivity index (χ0n) is 10.6. The number of carbonyl (C=O) groups is 1. The average molecular weight is 312 g/mol. The van der Waals surface area contributed by atoms with Gasteiger partial charge in [0.1, 0.15) is 17.5 Å². The molecule has 1 amide bonds. The summed E-state index contributed by atoms with van der Waals surface area (Å²) < 4.78 is 1.23. The van der Waals surface area contributed by atoms with E-state index in [4.69, 9.17) is 23.2 Å². The lowest BCUT2D eigenvalue weighted by molar-refractivity contribution is -0.116. The van der Waals surface area contributed by atoms with E-state index in [1.165, 1.54) is 4.57 Å². The molecule has 1 heterocycles. The molecule has 0 spiro atoms. The molecule has 20 heavy (non-hydrogen) atoms. The number of para-hydroxylation sites is 1. The minimum atomic E-state index is -0.378. The fraction of sp³-hybridized carbons (Fsp3) is 0.154. The van der Waals surface area contributed by atoms with Crippen LogP contribution in [0.5, 0.6) is 0 Å². The van der Waals surface area contributed by atoms with E-state index in [1.54, 1.807) is 31.2 Å². The molecule has 0 aliphatic rings. The van der Waals surface area contributed by atoms with Crippen molar-refractivity contribution in [2.45, 2.75) is 13.5 Å². The van der Waals surface area contributed by atoms with Crippen LogP contribution in [-0.4, -0.2) is 15.5 Å². The van der Waals surface area contributed by atoms with Crippen molar-refractivity contribution in [3.63, 3.8) is 0 Å². The fourth-order valence-electron chi connectivity index (χ4n) is 1.67. The predicted octanol–water partition coefficient (Wildman–Crippen LogP) is 2.50. The Labute approximate surface area is 125 Å². The number of nitrogens with zero attached hydrogens (tertiary/aromatic N) is 2. The zero-order chi connectivity index (χ0) is 14.7. The van der Waals surface area contributed by atoms with Crippen molar-refractivity contribution < 1.29 is 4.79 Å².